The van der Waals surface area contributed by atoms with Gasteiger partial charge < -0.3 is 20.0 Å². The molecular weight excluding hydrogens is 306 g/mol. The molecular formula is C14H17N3O6. The highest BCUT2D eigenvalue weighted by atomic mass is 16.8. The van der Waals surface area contributed by atoms with Crippen LogP contribution in [0.2, 0.25) is 0 Å². The molecule has 0 atom stereocenters. The molecule has 0 amide bonds. The van der Waals surface area contributed by atoms with Crippen LogP contribution < -0.4 is 10.2 Å². The van der Waals surface area contributed by atoms with Crippen molar-refractivity contribution < 1.29 is 28.6 Å². The van der Waals surface area contributed by atoms with E-state index in [-0.39, 0.29) is 27.4 Å². The summed E-state index contributed by atoms with van der Waals surface area (Å²) < 4.78 is 14.2. The normalized spacial score (nSPS) is 15.5. The van der Waals surface area contributed by atoms with Crippen LogP contribution in [0, 0.1) is 12.1 Å². The summed E-state index contributed by atoms with van der Waals surface area (Å²) in [6, 6.07) is 0. The maximum Gasteiger partial charge on any atom is 0.336 e. The quantitative estimate of drug-likeness (QED) is 0.619. The van der Waals surface area contributed by atoms with Crippen molar-refractivity contribution in [3.8, 4) is 0 Å². The van der Waals surface area contributed by atoms with Crippen LogP contribution in [0.25, 0.3) is 0 Å². The summed E-state index contributed by atoms with van der Waals surface area (Å²) in [7, 11) is 2.46. The van der Waals surface area contributed by atoms with E-state index in [0.29, 0.717) is 11.4 Å². The number of ether oxygens (including phenoxy) is 2. The Labute approximate surface area is 132 Å². The zero-order chi connectivity index (χ0) is 17.3. The number of rotatable bonds is 3. The van der Waals surface area contributed by atoms with E-state index in [2.05, 4.69) is 15.1 Å². The molecule has 1 aromatic heterocycles. The Morgan fingerprint density at radius 3 is 1.96 bits per heavy atom. The van der Waals surface area contributed by atoms with Crippen molar-refractivity contribution in [2.45, 2.75) is 26.7 Å². The van der Waals surface area contributed by atoms with E-state index in [9.17, 15) is 14.8 Å². The van der Waals surface area contributed by atoms with Crippen LogP contribution in [0.3, 0.4) is 0 Å². The Hall–Kier alpha value is -2.84. The van der Waals surface area contributed by atoms with Crippen LogP contribution in [0.5, 0.6) is 0 Å². The molecule has 0 unspecified atom stereocenters. The van der Waals surface area contributed by atoms with Crippen molar-refractivity contribution in [3.05, 3.63) is 39.1 Å². The molecule has 0 aromatic carbocycles. The standard InChI is InChI=1S/C14H17N3O6/c1-6-9(13(18)21-4)11(12-8(3)17(20)23-16-12)10(7(2)15-6)14(19)22-5/h11,15H,1-5H3. The summed E-state index contributed by atoms with van der Waals surface area (Å²) in [4.78, 5) is 24.6. The largest absolute Gasteiger partial charge is 0.466 e. The second kappa shape index (κ2) is 6.11. The molecule has 0 radical (unpaired) electrons. The molecule has 9 heteroatoms. The van der Waals surface area contributed by atoms with Crippen LogP contribution in [0.15, 0.2) is 27.2 Å². The number of dihydropyridines is 1. The summed E-state index contributed by atoms with van der Waals surface area (Å²) in [6.07, 6.45) is 0. The van der Waals surface area contributed by atoms with E-state index in [1.165, 1.54) is 21.1 Å². The Morgan fingerprint density at radius 1 is 1.13 bits per heavy atom. The molecule has 0 bridgehead atoms. The van der Waals surface area contributed by atoms with Crippen LogP contribution in [0.1, 0.15) is 31.2 Å². The predicted molar refractivity (Wildman–Crippen MR) is 75.5 cm³/mol. The van der Waals surface area contributed by atoms with Crippen molar-refractivity contribution >= 4 is 11.9 Å². The van der Waals surface area contributed by atoms with E-state index in [4.69, 9.17) is 9.47 Å². The molecule has 2 heterocycles. The number of nitrogens with one attached hydrogen (secondary N) is 1. The molecule has 1 N–H and O–H groups in total. The first-order valence-corrected chi connectivity index (χ1v) is 6.74. The van der Waals surface area contributed by atoms with E-state index in [0.717, 1.165) is 0 Å². The molecule has 1 aliphatic heterocycles. The predicted octanol–water partition coefficient (Wildman–Crippen LogP) is 0.197. The number of aromatic nitrogens is 2. The summed E-state index contributed by atoms with van der Waals surface area (Å²) in [5, 5.41) is 18.2. The van der Waals surface area contributed by atoms with Gasteiger partial charge in [-0.3, -0.25) is 4.63 Å². The van der Waals surface area contributed by atoms with Gasteiger partial charge in [0.1, 0.15) is 0 Å². The van der Waals surface area contributed by atoms with Gasteiger partial charge in [-0.1, -0.05) is 0 Å². The molecule has 124 valence electrons. The van der Waals surface area contributed by atoms with Crippen LogP contribution in [-0.4, -0.2) is 31.3 Å². The van der Waals surface area contributed by atoms with Crippen molar-refractivity contribution in [2.75, 3.05) is 14.2 Å². The Balaban J connectivity index is 2.72. The minimum absolute atomic E-state index is 0.139. The van der Waals surface area contributed by atoms with Crippen LogP contribution in [0.4, 0.5) is 0 Å². The summed E-state index contributed by atoms with van der Waals surface area (Å²) in [5.74, 6) is -2.21. The molecule has 23 heavy (non-hydrogen) atoms. The highest BCUT2D eigenvalue weighted by Crippen LogP contribution is 2.38. The van der Waals surface area contributed by atoms with E-state index >= 15 is 0 Å². The van der Waals surface area contributed by atoms with Crippen molar-refractivity contribution in [1.29, 1.82) is 0 Å². The molecule has 1 aromatic rings. The Bertz CT molecular complexity index is 693. The zero-order valence-electron chi connectivity index (χ0n) is 13.4. The molecule has 0 fully saturated rings. The number of carbonyl (C=O) groups excluding carboxylic acids is 2. The highest BCUT2D eigenvalue weighted by Gasteiger charge is 2.43. The average Bonchev–Trinajstić information content (AvgIpc) is 2.84. The number of esters is 2. The van der Waals surface area contributed by atoms with E-state index in [1.807, 2.05) is 0 Å². The zero-order valence-corrected chi connectivity index (χ0v) is 13.4. The summed E-state index contributed by atoms with van der Waals surface area (Å²) >= 11 is 0. The topological polar surface area (TPSA) is 118 Å². The number of nitrogens with zero attached hydrogens (tertiary/aromatic N) is 2. The Morgan fingerprint density at radius 2 is 1.61 bits per heavy atom. The van der Waals surface area contributed by atoms with Gasteiger partial charge in [-0.15, -0.1) is 0 Å². The highest BCUT2D eigenvalue weighted by molar-refractivity contribution is 5.99. The van der Waals surface area contributed by atoms with Crippen molar-refractivity contribution in [3.63, 3.8) is 0 Å². The molecule has 0 spiro atoms. The number of methoxy groups -OCH3 is 2. The van der Waals surface area contributed by atoms with Gasteiger partial charge in [0.2, 0.25) is 5.69 Å². The second-order valence-corrected chi connectivity index (χ2v) is 5.02. The fourth-order valence-corrected chi connectivity index (χ4v) is 2.59. The maximum atomic E-state index is 12.2. The van der Waals surface area contributed by atoms with E-state index < -0.39 is 17.9 Å². The number of carbonyl (C=O) groups is 2. The first kappa shape index (κ1) is 16.5. The van der Waals surface area contributed by atoms with Gasteiger partial charge in [0.25, 0.3) is 0 Å². The van der Waals surface area contributed by atoms with E-state index in [1.54, 1.807) is 13.8 Å². The number of hydrogen-bond donors (Lipinski definition) is 1. The average molecular weight is 323 g/mol. The fourth-order valence-electron chi connectivity index (χ4n) is 2.59. The van der Waals surface area contributed by atoms with Crippen molar-refractivity contribution in [1.82, 2.24) is 10.5 Å². The molecule has 9 nitrogen and oxygen atoms in total. The van der Waals surface area contributed by atoms with Crippen molar-refractivity contribution in [2.24, 2.45) is 0 Å². The SMILES string of the molecule is COC(=O)C1=C(C)NC(C)=C(C(=O)OC)C1c1no[n+]([O-])c1C. The fraction of sp³-hybridized carbons (Fsp3) is 0.429. The van der Waals surface area contributed by atoms with Crippen LogP contribution in [-0.2, 0) is 19.1 Å². The lowest BCUT2D eigenvalue weighted by Crippen LogP contribution is -2.33. The third kappa shape index (κ3) is 2.65. The van der Waals surface area contributed by atoms with Gasteiger partial charge in [0.15, 0.2) is 5.69 Å². The lowest BCUT2D eigenvalue weighted by molar-refractivity contribution is -0.806. The first-order valence-electron chi connectivity index (χ1n) is 6.74. The molecule has 2 rings (SSSR count). The number of allylic oxidation sites excluding steroid dienone is 2. The van der Waals surface area contributed by atoms with Gasteiger partial charge in [0, 0.05) is 23.5 Å². The molecule has 0 aliphatic carbocycles. The van der Waals surface area contributed by atoms with Crippen LogP contribution >= 0.6 is 0 Å². The lowest BCUT2D eigenvalue weighted by atomic mass is 9.82. The van der Waals surface area contributed by atoms with Gasteiger partial charge in [-0.25, -0.2) is 9.59 Å². The third-order valence-corrected chi connectivity index (χ3v) is 3.70. The smallest absolute Gasteiger partial charge is 0.336 e. The first-order chi connectivity index (χ1) is 10.8. The number of hydrogen-bond acceptors (Lipinski definition) is 8. The summed E-state index contributed by atoms with van der Waals surface area (Å²) in [5.41, 5.74) is 1.60. The van der Waals surface area contributed by atoms with Gasteiger partial charge in [-0.2, -0.15) is 0 Å². The minimum Gasteiger partial charge on any atom is -0.466 e. The van der Waals surface area contributed by atoms with Gasteiger partial charge >= 0.3 is 11.9 Å². The molecule has 0 saturated carbocycles. The second-order valence-electron chi connectivity index (χ2n) is 5.02. The lowest BCUT2D eigenvalue weighted by Gasteiger charge is -2.27. The third-order valence-electron chi connectivity index (χ3n) is 3.70. The monoisotopic (exact) mass is 323 g/mol. The summed E-state index contributed by atoms with van der Waals surface area (Å²) in [6.45, 7) is 4.81. The Kier molecular flexibility index (Phi) is 4.39. The van der Waals surface area contributed by atoms with Gasteiger partial charge in [-0.05, 0) is 18.8 Å². The molecule has 1 aliphatic rings. The van der Waals surface area contributed by atoms with Gasteiger partial charge in [0.05, 0.1) is 31.3 Å². The minimum atomic E-state index is -0.921. The molecule has 0 saturated heterocycles. The maximum absolute atomic E-state index is 12.2.